The molecule has 0 saturated heterocycles. The third kappa shape index (κ3) is 2.32. The number of hydrogen-bond acceptors (Lipinski definition) is 3. The van der Waals surface area contributed by atoms with E-state index >= 15 is 0 Å². The van der Waals surface area contributed by atoms with Crippen molar-refractivity contribution in [1.82, 2.24) is 9.78 Å². The maximum atomic E-state index is 12.6. The molecule has 5 nitrogen and oxygen atoms in total. The molecule has 1 aliphatic rings. The molecule has 0 unspecified atom stereocenters. The highest BCUT2D eigenvalue weighted by atomic mass is 16.4. The van der Waals surface area contributed by atoms with Gasteiger partial charge in [-0.2, -0.15) is 9.78 Å². The first-order chi connectivity index (χ1) is 10.5. The highest BCUT2D eigenvalue weighted by molar-refractivity contribution is 5.89. The second-order valence-corrected chi connectivity index (χ2v) is 5.82. The molecule has 1 aromatic carbocycles. The number of aryl methyl sites for hydroxylation is 3. The van der Waals surface area contributed by atoms with E-state index in [2.05, 4.69) is 5.10 Å². The van der Waals surface area contributed by atoms with E-state index in [1.54, 1.807) is 0 Å². The van der Waals surface area contributed by atoms with Crippen LogP contribution in [0.25, 0.3) is 5.69 Å². The molecule has 0 fully saturated rings. The average Bonchev–Trinajstić information content (AvgIpc) is 2.46. The van der Waals surface area contributed by atoms with E-state index in [1.165, 1.54) is 4.68 Å². The first-order valence-electron chi connectivity index (χ1n) is 7.45. The van der Waals surface area contributed by atoms with E-state index in [0.29, 0.717) is 17.7 Å². The van der Waals surface area contributed by atoms with Crippen molar-refractivity contribution in [1.29, 1.82) is 0 Å². The Morgan fingerprint density at radius 3 is 2.64 bits per heavy atom. The van der Waals surface area contributed by atoms with Crippen molar-refractivity contribution in [3.05, 3.63) is 56.5 Å². The van der Waals surface area contributed by atoms with Gasteiger partial charge in [-0.3, -0.25) is 4.79 Å². The lowest BCUT2D eigenvalue weighted by Crippen LogP contribution is -2.32. The van der Waals surface area contributed by atoms with Gasteiger partial charge in [0, 0.05) is 0 Å². The molecule has 22 heavy (non-hydrogen) atoms. The molecule has 0 radical (unpaired) electrons. The number of carboxylic acids is 1. The first kappa shape index (κ1) is 14.5. The normalized spacial score (nSPS) is 13.7. The summed E-state index contributed by atoms with van der Waals surface area (Å²) in [5.74, 6) is -1.16. The number of carbonyl (C=O) groups is 1. The summed E-state index contributed by atoms with van der Waals surface area (Å²) in [4.78, 5) is 24.2. The largest absolute Gasteiger partial charge is 0.477 e. The van der Waals surface area contributed by atoms with E-state index in [1.807, 2.05) is 32.0 Å². The van der Waals surface area contributed by atoms with E-state index in [4.69, 9.17) is 0 Å². The Balaban J connectivity index is 2.31. The minimum Gasteiger partial charge on any atom is -0.477 e. The van der Waals surface area contributed by atoms with Gasteiger partial charge in [-0.25, -0.2) is 4.79 Å². The quantitative estimate of drug-likeness (QED) is 0.924. The van der Waals surface area contributed by atoms with E-state index < -0.39 is 11.5 Å². The Labute approximate surface area is 128 Å². The lowest BCUT2D eigenvalue weighted by molar-refractivity contribution is 0.0692. The van der Waals surface area contributed by atoms with Crippen LogP contribution in [0, 0.1) is 13.8 Å². The molecule has 0 saturated carbocycles. The zero-order valence-corrected chi connectivity index (χ0v) is 12.7. The predicted octanol–water partition coefficient (Wildman–Crippen LogP) is 2.43. The van der Waals surface area contributed by atoms with Crippen molar-refractivity contribution in [2.24, 2.45) is 0 Å². The van der Waals surface area contributed by atoms with Gasteiger partial charge in [0.1, 0.15) is 5.56 Å². The standard InChI is InChI=1S/C17H18N2O3/c1-10-7-8-14(11(2)9-10)19-16(20)15(17(21)22)12-5-3-4-6-13(12)18-19/h7-9H,3-6H2,1-2H3,(H,21,22). The average molecular weight is 298 g/mol. The summed E-state index contributed by atoms with van der Waals surface area (Å²) in [7, 11) is 0. The SMILES string of the molecule is Cc1ccc(-n2nc3c(c(C(=O)O)c2=O)CCCC3)c(C)c1. The van der Waals surface area contributed by atoms with Gasteiger partial charge in [0.25, 0.3) is 5.56 Å². The zero-order valence-electron chi connectivity index (χ0n) is 12.7. The summed E-state index contributed by atoms with van der Waals surface area (Å²) in [5, 5.41) is 13.9. The Bertz CT molecular complexity index is 821. The predicted molar refractivity (Wildman–Crippen MR) is 82.9 cm³/mol. The van der Waals surface area contributed by atoms with Gasteiger partial charge in [0.2, 0.25) is 0 Å². The fourth-order valence-electron chi connectivity index (χ4n) is 3.10. The molecule has 1 N–H and O–H groups in total. The first-order valence-corrected chi connectivity index (χ1v) is 7.45. The second-order valence-electron chi connectivity index (χ2n) is 5.82. The summed E-state index contributed by atoms with van der Waals surface area (Å²) in [5.41, 5.74) is 3.33. The number of rotatable bonds is 2. The van der Waals surface area contributed by atoms with Crippen molar-refractivity contribution >= 4 is 5.97 Å². The van der Waals surface area contributed by atoms with Crippen molar-refractivity contribution in [3.8, 4) is 5.69 Å². The number of aromatic carboxylic acids is 1. The highest BCUT2D eigenvalue weighted by Gasteiger charge is 2.25. The van der Waals surface area contributed by atoms with Crippen LogP contribution < -0.4 is 5.56 Å². The van der Waals surface area contributed by atoms with Gasteiger partial charge >= 0.3 is 5.97 Å². The Morgan fingerprint density at radius 2 is 1.95 bits per heavy atom. The van der Waals surface area contributed by atoms with Gasteiger partial charge in [0.15, 0.2) is 0 Å². The lowest BCUT2D eigenvalue weighted by atomic mass is 9.93. The van der Waals surface area contributed by atoms with Crippen LogP contribution in [0.1, 0.15) is 45.6 Å². The van der Waals surface area contributed by atoms with Gasteiger partial charge in [-0.1, -0.05) is 17.7 Å². The summed E-state index contributed by atoms with van der Waals surface area (Å²) in [6, 6.07) is 5.68. The van der Waals surface area contributed by atoms with E-state index in [0.717, 1.165) is 36.1 Å². The molecule has 0 atom stereocenters. The van der Waals surface area contributed by atoms with Gasteiger partial charge < -0.3 is 5.11 Å². The summed E-state index contributed by atoms with van der Waals surface area (Å²) in [6.07, 6.45) is 3.22. The smallest absolute Gasteiger partial charge is 0.341 e. The van der Waals surface area contributed by atoms with Crippen LogP contribution in [0.4, 0.5) is 0 Å². The molecule has 3 rings (SSSR count). The van der Waals surface area contributed by atoms with Crippen molar-refractivity contribution in [3.63, 3.8) is 0 Å². The number of benzene rings is 1. The molecular formula is C17H18N2O3. The number of aromatic nitrogens is 2. The fourth-order valence-corrected chi connectivity index (χ4v) is 3.10. The molecule has 2 aromatic rings. The van der Waals surface area contributed by atoms with Gasteiger partial charge in [0.05, 0.1) is 11.4 Å². The Hall–Kier alpha value is -2.43. The number of fused-ring (bicyclic) bond motifs is 1. The topological polar surface area (TPSA) is 72.2 Å². The van der Waals surface area contributed by atoms with Crippen LogP contribution in [0.15, 0.2) is 23.0 Å². The molecule has 1 aliphatic carbocycles. The van der Waals surface area contributed by atoms with Crippen LogP contribution in [0.3, 0.4) is 0 Å². The molecule has 0 aliphatic heterocycles. The number of hydrogen-bond donors (Lipinski definition) is 1. The van der Waals surface area contributed by atoms with Crippen molar-refractivity contribution in [2.75, 3.05) is 0 Å². The van der Waals surface area contributed by atoms with Crippen LogP contribution >= 0.6 is 0 Å². The van der Waals surface area contributed by atoms with E-state index in [9.17, 15) is 14.7 Å². The fraction of sp³-hybridized carbons (Fsp3) is 0.353. The highest BCUT2D eigenvalue weighted by Crippen LogP contribution is 2.22. The van der Waals surface area contributed by atoms with Crippen LogP contribution in [0.2, 0.25) is 0 Å². The van der Waals surface area contributed by atoms with Crippen LogP contribution in [0.5, 0.6) is 0 Å². The summed E-state index contributed by atoms with van der Waals surface area (Å²) in [6.45, 7) is 3.87. The molecule has 0 spiro atoms. The third-order valence-electron chi connectivity index (χ3n) is 4.16. The van der Waals surface area contributed by atoms with E-state index in [-0.39, 0.29) is 5.56 Å². The monoisotopic (exact) mass is 298 g/mol. The van der Waals surface area contributed by atoms with Crippen LogP contribution in [-0.4, -0.2) is 20.9 Å². The Kier molecular flexibility index (Phi) is 3.56. The Morgan fingerprint density at radius 1 is 1.23 bits per heavy atom. The van der Waals surface area contributed by atoms with Gasteiger partial charge in [-0.05, 0) is 56.7 Å². The molecule has 0 bridgehead atoms. The van der Waals surface area contributed by atoms with Crippen LogP contribution in [-0.2, 0) is 12.8 Å². The molecule has 1 aromatic heterocycles. The maximum absolute atomic E-state index is 12.6. The number of nitrogens with zero attached hydrogens (tertiary/aromatic N) is 2. The van der Waals surface area contributed by atoms with Crippen molar-refractivity contribution < 1.29 is 9.90 Å². The molecule has 0 amide bonds. The second kappa shape index (κ2) is 5.40. The molecular weight excluding hydrogens is 280 g/mol. The summed E-state index contributed by atoms with van der Waals surface area (Å²) < 4.78 is 1.25. The lowest BCUT2D eigenvalue weighted by Gasteiger charge is -2.19. The minimum atomic E-state index is -1.16. The minimum absolute atomic E-state index is 0.121. The molecule has 1 heterocycles. The van der Waals surface area contributed by atoms with Gasteiger partial charge in [-0.15, -0.1) is 0 Å². The molecule has 5 heteroatoms. The zero-order chi connectivity index (χ0) is 15.9. The maximum Gasteiger partial charge on any atom is 0.341 e. The summed E-state index contributed by atoms with van der Waals surface area (Å²) >= 11 is 0. The number of carboxylic acid groups (broad SMARTS) is 1. The molecule has 114 valence electrons. The third-order valence-corrected chi connectivity index (χ3v) is 4.16. The van der Waals surface area contributed by atoms with Crippen molar-refractivity contribution in [2.45, 2.75) is 39.5 Å².